The predicted molar refractivity (Wildman–Crippen MR) is 64.2 cm³/mol. The van der Waals surface area contributed by atoms with Crippen LogP contribution in [0.3, 0.4) is 0 Å². The van der Waals surface area contributed by atoms with Gasteiger partial charge in [0.15, 0.2) is 0 Å². The number of amides is 2. The molecule has 1 saturated heterocycles. The van der Waals surface area contributed by atoms with Crippen LogP contribution in [0.4, 0.5) is 0 Å². The van der Waals surface area contributed by atoms with Crippen LogP contribution in [0, 0.1) is 0 Å². The second-order valence-electron chi connectivity index (χ2n) is 4.19. The third-order valence-electron chi connectivity index (χ3n) is 2.86. The second-order valence-corrected chi connectivity index (χ2v) is 4.19. The Morgan fingerprint density at radius 1 is 1.21 bits per heavy atom. The molecule has 1 atom stereocenters. The largest absolute Gasteiger partial charge is 0.480 e. The van der Waals surface area contributed by atoms with Gasteiger partial charge in [-0.2, -0.15) is 0 Å². The average Bonchev–Trinajstić information content (AvgIpc) is 2.38. The molecule has 0 bridgehead atoms. The van der Waals surface area contributed by atoms with E-state index in [1.807, 2.05) is 6.07 Å². The molecule has 2 amide bonds. The maximum absolute atomic E-state index is 11.7. The van der Waals surface area contributed by atoms with Crippen molar-refractivity contribution >= 4 is 17.8 Å². The molecular weight excluding hydrogens is 250 g/mol. The summed E-state index contributed by atoms with van der Waals surface area (Å²) in [6.45, 7) is -0.519. The van der Waals surface area contributed by atoms with Crippen molar-refractivity contribution < 1.29 is 24.2 Å². The number of hydrogen-bond acceptors (Lipinski definition) is 4. The fraction of sp³-hybridized carbons (Fsp3) is 0.308. The van der Waals surface area contributed by atoms with Gasteiger partial charge in [0, 0.05) is 6.42 Å². The first-order chi connectivity index (χ1) is 9.09. The summed E-state index contributed by atoms with van der Waals surface area (Å²) >= 11 is 0. The Balaban J connectivity index is 2.22. The highest BCUT2D eigenvalue weighted by molar-refractivity contribution is 6.01. The van der Waals surface area contributed by atoms with Crippen LogP contribution < -0.4 is 0 Å². The molecule has 0 radical (unpaired) electrons. The summed E-state index contributed by atoms with van der Waals surface area (Å²) < 4.78 is 4.77. The molecule has 1 aromatic carbocycles. The standard InChI is InChI=1S/C13H13NO5/c15-11-7-19-8-12(16)14(11)10(13(17)18)6-9-4-2-1-3-5-9/h1-5,10H,6-8H2,(H,17,18)/t10-/m0/s1. The Morgan fingerprint density at radius 3 is 2.32 bits per heavy atom. The Bertz CT molecular complexity index is 483. The molecule has 1 heterocycles. The fourth-order valence-electron chi connectivity index (χ4n) is 1.98. The Morgan fingerprint density at radius 2 is 1.79 bits per heavy atom. The van der Waals surface area contributed by atoms with Crippen molar-refractivity contribution in [1.29, 1.82) is 0 Å². The van der Waals surface area contributed by atoms with Gasteiger partial charge in [-0.15, -0.1) is 0 Å². The lowest BCUT2D eigenvalue weighted by atomic mass is 10.0. The third kappa shape index (κ3) is 2.97. The van der Waals surface area contributed by atoms with Crippen LogP contribution in [0.2, 0.25) is 0 Å². The lowest BCUT2D eigenvalue weighted by molar-refractivity contribution is -0.168. The van der Waals surface area contributed by atoms with Crippen molar-refractivity contribution in [2.24, 2.45) is 0 Å². The number of carboxylic acids is 1. The van der Waals surface area contributed by atoms with E-state index < -0.39 is 23.8 Å². The summed E-state index contributed by atoms with van der Waals surface area (Å²) in [6, 6.07) is 7.68. The lowest BCUT2D eigenvalue weighted by Crippen LogP contribution is -2.55. The highest BCUT2D eigenvalue weighted by atomic mass is 16.5. The molecule has 6 heteroatoms. The summed E-state index contributed by atoms with van der Waals surface area (Å²) in [5, 5.41) is 9.24. The minimum absolute atomic E-state index is 0.0909. The highest BCUT2D eigenvalue weighted by Gasteiger charge is 2.37. The zero-order chi connectivity index (χ0) is 13.8. The number of morpholine rings is 1. The summed E-state index contributed by atoms with van der Waals surface area (Å²) in [4.78, 5) is 35.4. The van der Waals surface area contributed by atoms with Gasteiger partial charge in [-0.05, 0) is 5.56 Å². The van der Waals surface area contributed by atoms with Crippen molar-refractivity contribution in [3.8, 4) is 0 Å². The first-order valence-corrected chi connectivity index (χ1v) is 5.79. The average molecular weight is 263 g/mol. The molecule has 2 rings (SSSR count). The van der Waals surface area contributed by atoms with Crippen molar-refractivity contribution in [2.75, 3.05) is 13.2 Å². The van der Waals surface area contributed by atoms with Gasteiger partial charge >= 0.3 is 5.97 Å². The van der Waals surface area contributed by atoms with E-state index in [9.17, 15) is 19.5 Å². The van der Waals surface area contributed by atoms with E-state index in [0.717, 1.165) is 10.5 Å². The summed E-state index contributed by atoms with van der Waals surface area (Å²) in [5.74, 6) is -2.42. The molecule has 0 aliphatic carbocycles. The first-order valence-electron chi connectivity index (χ1n) is 5.79. The SMILES string of the molecule is O=C(O)[C@H](Cc1ccccc1)N1C(=O)COCC1=O. The molecule has 0 unspecified atom stereocenters. The van der Waals surface area contributed by atoms with E-state index in [4.69, 9.17) is 4.74 Å². The maximum Gasteiger partial charge on any atom is 0.327 e. The van der Waals surface area contributed by atoms with Gasteiger partial charge in [-0.25, -0.2) is 4.79 Å². The van der Waals surface area contributed by atoms with Crippen LogP contribution in [0.5, 0.6) is 0 Å². The number of ether oxygens (including phenoxy) is 1. The van der Waals surface area contributed by atoms with Crippen LogP contribution in [-0.4, -0.2) is 47.0 Å². The topological polar surface area (TPSA) is 83.9 Å². The second kappa shape index (κ2) is 5.62. The summed E-state index contributed by atoms with van der Waals surface area (Å²) in [6.07, 6.45) is 0.0909. The molecule has 0 saturated carbocycles. The van der Waals surface area contributed by atoms with E-state index in [2.05, 4.69) is 0 Å². The molecule has 1 N–H and O–H groups in total. The number of benzene rings is 1. The first kappa shape index (κ1) is 13.2. The van der Waals surface area contributed by atoms with E-state index in [1.54, 1.807) is 24.3 Å². The number of rotatable bonds is 4. The van der Waals surface area contributed by atoms with Gasteiger partial charge in [0.25, 0.3) is 11.8 Å². The zero-order valence-corrected chi connectivity index (χ0v) is 10.1. The molecule has 1 aliphatic rings. The number of carboxylic acid groups (broad SMARTS) is 1. The monoisotopic (exact) mass is 263 g/mol. The zero-order valence-electron chi connectivity index (χ0n) is 10.1. The van der Waals surface area contributed by atoms with Crippen molar-refractivity contribution in [2.45, 2.75) is 12.5 Å². The molecule has 6 nitrogen and oxygen atoms in total. The van der Waals surface area contributed by atoms with Gasteiger partial charge < -0.3 is 9.84 Å². The maximum atomic E-state index is 11.7. The number of aliphatic carboxylic acids is 1. The smallest absolute Gasteiger partial charge is 0.327 e. The molecule has 0 aromatic heterocycles. The minimum Gasteiger partial charge on any atom is -0.480 e. The van der Waals surface area contributed by atoms with E-state index >= 15 is 0 Å². The summed E-state index contributed by atoms with van der Waals surface area (Å²) in [5.41, 5.74) is 0.752. The summed E-state index contributed by atoms with van der Waals surface area (Å²) in [7, 11) is 0. The van der Waals surface area contributed by atoms with Crippen LogP contribution in [-0.2, 0) is 25.5 Å². The molecule has 0 spiro atoms. The third-order valence-corrected chi connectivity index (χ3v) is 2.86. The predicted octanol–water partition coefficient (Wildman–Crippen LogP) is 0.0677. The van der Waals surface area contributed by atoms with Crippen molar-refractivity contribution in [1.82, 2.24) is 4.90 Å². The Kier molecular flexibility index (Phi) is 3.91. The molecule has 100 valence electrons. The van der Waals surface area contributed by atoms with Gasteiger partial charge in [0.1, 0.15) is 19.3 Å². The van der Waals surface area contributed by atoms with E-state index in [1.165, 1.54) is 0 Å². The number of carbonyl (C=O) groups is 3. The van der Waals surface area contributed by atoms with Gasteiger partial charge in [-0.3, -0.25) is 14.5 Å². The molecule has 1 fully saturated rings. The molecule has 1 aromatic rings. The Hall–Kier alpha value is -2.21. The molecule has 19 heavy (non-hydrogen) atoms. The number of imide groups is 1. The normalized spacial score (nSPS) is 17.4. The van der Waals surface area contributed by atoms with E-state index in [-0.39, 0.29) is 19.6 Å². The van der Waals surface area contributed by atoms with Gasteiger partial charge in [0.05, 0.1) is 0 Å². The number of carbonyl (C=O) groups excluding carboxylic acids is 2. The minimum atomic E-state index is -1.20. The van der Waals surface area contributed by atoms with Crippen LogP contribution >= 0.6 is 0 Å². The fourth-order valence-corrected chi connectivity index (χ4v) is 1.98. The quantitative estimate of drug-likeness (QED) is 0.777. The van der Waals surface area contributed by atoms with Gasteiger partial charge in [0.2, 0.25) is 0 Å². The number of hydrogen-bond donors (Lipinski definition) is 1. The van der Waals surface area contributed by atoms with Crippen molar-refractivity contribution in [3.63, 3.8) is 0 Å². The van der Waals surface area contributed by atoms with E-state index in [0.29, 0.717) is 0 Å². The molecular formula is C13H13NO5. The number of nitrogens with zero attached hydrogens (tertiary/aromatic N) is 1. The lowest BCUT2D eigenvalue weighted by Gasteiger charge is -2.30. The van der Waals surface area contributed by atoms with Crippen LogP contribution in [0.1, 0.15) is 5.56 Å². The highest BCUT2D eigenvalue weighted by Crippen LogP contribution is 2.13. The Labute approximate surface area is 109 Å². The van der Waals surface area contributed by atoms with Gasteiger partial charge in [-0.1, -0.05) is 30.3 Å². The molecule has 1 aliphatic heterocycles. The van der Waals surface area contributed by atoms with Crippen LogP contribution in [0.15, 0.2) is 30.3 Å². The van der Waals surface area contributed by atoms with Crippen molar-refractivity contribution in [3.05, 3.63) is 35.9 Å². The van der Waals surface area contributed by atoms with Crippen LogP contribution in [0.25, 0.3) is 0 Å².